The summed E-state index contributed by atoms with van der Waals surface area (Å²) in [6.45, 7) is 2.72. The van der Waals surface area contributed by atoms with Crippen LogP contribution < -0.4 is 19.5 Å². The van der Waals surface area contributed by atoms with E-state index in [2.05, 4.69) is 12.2 Å². The molecule has 26 heavy (non-hydrogen) atoms. The molecule has 0 aliphatic heterocycles. The Morgan fingerprint density at radius 3 is 2.46 bits per heavy atom. The lowest BCUT2D eigenvalue weighted by atomic mass is 10.2. The number of methoxy groups -OCH3 is 1. The second-order valence-electron chi connectivity index (χ2n) is 5.33. The van der Waals surface area contributed by atoms with E-state index in [4.69, 9.17) is 14.2 Å². The lowest BCUT2D eigenvalue weighted by molar-refractivity contribution is -0.384. The zero-order chi connectivity index (χ0) is 18.9. The minimum absolute atomic E-state index is 0.139. The number of non-ortho nitro benzene ring substituents is 1. The maximum atomic E-state index is 12.0. The number of carbonyl (C=O) groups excluding carboxylic acids is 1. The molecule has 0 saturated heterocycles. The van der Waals surface area contributed by atoms with E-state index in [9.17, 15) is 14.9 Å². The summed E-state index contributed by atoms with van der Waals surface area (Å²) in [5, 5.41) is 13.3. The van der Waals surface area contributed by atoms with E-state index in [1.54, 1.807) is 24.3 Å². The van der Waals surface area contributed by atoms with Crippen molar-refractivity contribution in [3.8, 4) is 17.2 Å². The van der Waals surface area contributed by atoms with Gasteiger partial charge in [0.1, 0.15) is 17.2 Å². The first-order valence-electron chi connectivity index (χ1n) is 8.07. The minimum atomic E-state index is -0.739. The number of nitro groups is 1. The molecule has 0 bridgehead atoms. The van der Waals surface area contributed by atoms with Crippen LogP contribution in [0.2, 0.25) is 0 Å². The van der Waals surface area contributed by atoms with E-state index in [0.29, 0.717) is 18.1 Å². The molecule has 0 atom stereocenters. The number of nitrogens with one attached hydrogen (secondary N) is 1. The van der Waals surface area contributed by atoms with Crippen LogP contribution in [0.25, 0.3) is 0 Å². The number of anilines is 1. The highest BCUT2D eigenvalue weighted by Crippen LogP contribution is 2.29. The highest BCUT2D eigenvalue weighted by atomic mass is 16.6. The smallest absolute Gasteiger partial charge is 0.417 e. The summed E-state index contributed by atoms with van der Waals surface area (Å²) in [5.41, 5.74) is 0.127. The Bertz CT molecular complexity index is 761. The summed E-state index contributed by atoms with van der Waals surface area (Å²) >= 11 is 0. The molecule has 0 radical (unpaired) electrons. The standard InChI is InChI=1S/C18H20N2O6/c1-3-4-11-25-14-6-8-15(9-7-14)26-18(21)19-16-10-5-13(20(22)23)12-17(16)24-2/h5-10,12H,3-4,11H2,1-2H3,(H,19,21). The van der Waals surface area contributed by atoms with E-state index < -0.39 is 11.0 Å². The second-order valence-corrected chi connectivity index (χ2v) is 5.33. The van der Waals surface area contributed by atoms with Crippen molar-refractivity contribution < 1.29 is 23.9 Å². The third-order valence-corrected chi connectivity index (χ3v) is 3.43. The largest absolute Gasteiger partial charge is 0.494 e. The Hall–Kier alpha value is -3.29. The van der Waals surface area contributed by atoms with Crippen molar-refractivity contribution in [2.45, 2.75) is 19.8 Å². The summed E-state index contributed by atoms with van der Waals surface area (Å²) in [5.74, 6) is 1.20. The Labute approximate surface area is 150 Å². The van der Waals surface area contributed by atoms with Crippen molar-refractivity contribution in [3.05, 3.63) is 52.6 Å². The molecule has 2 aromatic carbocycles. The number of hydrogen-bond acceptors (Lipinski definition) is 6. The Kier molecular flexibility index (Phi) is 6.78. The number of nitrogens with zero attached hydrogens (tertiary/aromatic N) is 1. The van der Waals surface area contributed by atoms with Gasteiger partial charge < -0.3 is 14.2 Å². The summed E-state index contributed by atoms with van der Waals surface area (Å²) < 4.78 is 15.8. The lowest BCUT2D eigenvalue weighted by Gasteiger charge is -2.11. The molecule has 0 aliphatic carbocycles. The first kappa shape index (κ1) is 19.0. The van der Waals surface area contributed by atoms with Gasteiger partial charge in [-0.05, 0) is 36.8 Å². The monoisotopic (exact) mass is 360 g/mol. The predicted molar refractivity (Wildman–Crippen MR) is 96.1 cm³/mol. The molecule has 0 spiro atoms. The van der Waals surface area contributed by atoms with Gasteiger partial charge in [0.15, 0.2) is 0 Å². The normalized spacial score (nSPS) is 10.1. The van der Waals surface area contributed by atoms with E-state index in [1.807, 2.05) is 0 Å². The topological polar surface area (TPSA) is 99.9 Å². The average molecular weight is 360 g/mol. The van der Waals surface area contributed by atoms with E-state index in [-0.39, 0.29) is 17.1 Å². The van der Waals surface area contributed by atoms with Crippen molar-refractivity contribution in [1.82, 2.24) is 0 Å². The first-order chi connectivity index (χ1) is 12.5. The van der Waals surface area contributed by atoms with Gasteiger partial charge in [-0.25, -0.2) is 4.79 Å². The van der Waals surface area contributed by atoms with Crippen molar-refractivity contribution in [2.24, 2.45) is 0 Å². The minimum Gasteiger partial charge on any atom is -0.494 e. The highest BCUT2D eigenvalue weighted by Gasteiger charge is 2.14. The molecule has 138 valence electrons. The molecule has 0 aromatic heterocycles. The Morgan fingerprint density at radius 2 is 1.85 bits per heavy atom. The SMILES string of the molecule is CCCCOc1ccc(OC(=O)Nc2ccc([N+](=O)[O-])cc2OC)cc1. The predicted octanol–water partition coefficient (Wildman–Crippen LogP) is 4.39. The number of benzene rings is 2. The average Bonchev–Trinajstić information content (AvgIpc) is 2.63. The molecule has 8 heteroatoms. The maximum absolute atomic E-state index is 12.0. The molecule has 1 amide bonds. The molecule has 2 aromatic rings. The molecule has 2 rings (SSSR count). The van der Waals surface area contributed by atoms with Crippen molar-refractivity contribution >= 4 is 17.5 Å². The number of carbonyl (C=O) groups is 1. The number of hydrogen-bond donors (Lipinski definition) is 1. The summed E-state index contributed by atoms with van der Waals surface area (Å²) in [6, 6.07) is 10.5. The van der Waals surface area contributed by atoms with Crippen LogP contribution in [0, 0.1) is 10.1 Å². The van der Waals surface area contributed by atoms with Gasteiger partial charge in [0.05, 0.1) is 30.4 Å². The van der Waals surface area contributed by atoms with Gasteiger partial charge in [0, 0.05) is 6.07 Å². The highest BCUT2D eigenvalue weighted by molar-refractivity contribution is 5.88. The number of amides is 1. The van der Waals surface area contributed by atoms with Crippen LogP contribution in [-0.2, 0) is 0 Å². The van der Waals surface area contributed by atoms with Gasteiger partial charge in [-0.1, -0.05) is 13.3 Å². The fourth-order valence-electron chi connectivity index (χ4n) is 2.08. The molecule has 0 fully saturated rings. The van der Waals surface area contributed by atoms with Crippen molar-refractivity contribution in [1.29, 1.82) is 0 Å². The Balaban J connectivity index is 1.97. The van der Waals surface area contributed by atoms with Gasteiger partial charge in [-0.2, -0.15) is 0 Å². The summed E-state index contributed by atoms with van der Waals surface area (Å²) in [6.07, 6.45) is 1.28. The van der Waals surface area contributed by atoms with E-state index >= 15 is 0 Å². The molecular weight excluding hydrogens is 340 g/mol. The van der Waals surface area contributed by atoms with Crippen LogP contribution >= 0.6 is 0 Å². The van der Waals surface area contributed by atoms with Gasteiger partial charge in [0.2, 0.25) is 0 Å². The van der Waals surface area contributed by atoms with Gasteiger partial charge in [0.25, 0.3) is 5.69 Å². The molecule has 0 saturated carbocycles. The van der Waals surface area contributed by atoms with Gasteiger partial charge in [-0.15, -0.1) is 0 Å². The van der Waals surface area contributed by atoms with Crippen molar-refractivity contribution in [3.63, 3.8) is 0 Å². The second kappa shape index (κ2) is 9.26. The molecule has 1 N–H and O–H groups in total. The zero-order valence-corrected chi connectivity index (χ0v) is 14.6. The first-order valence-corrected chi connectivity index (χ1v) is 8.07. The quantitative estimate of drug-likeness (QED) is 0.426. The molecule has 0 heterocycles. The van der Waals surface area contributed by atoms with Gasteiger partial charge in [-0.3, -0.25) is 15.4 Å². The molecule has 0 unspecified atom stereocenters. The Morgan fingerprint density at radius 1 is 1.15 bits per heavy atom. The maximum Gasteiger partial charge on any atom is 0.417 e. The fourth-order valence-corrected chi connectivity index (χ4v) is 2.08. The number of nitro benzene ring substituents is 1. The molecule has 8 nitrogen and oxygen atoms in total. The third-order valence-electron chi connectivity index (χ3n) is 3.43. The van der Waals surface area contributed by atoms with Crippen LogP contribution in [0.3, 0.4) is 0 Å². The van der Waals surface area contributed by atoms with E-state index in [0.717, 1.165) is 12.8 Å². The fraction of sp³-hybridized carbons (Fsp3) is 0.278. The number of rotatable bonds is 8. The van der Waals surface area contributed by atoms with Crippen LogP contribution in [0.5, 0.6) is 17.2 Å². The summed E-state index contributed by atoms with van der Waals surface area (Å²) in [4.78, 5) is 22.2. The lowest BCUT2D eigenvalue weighted by Crippen LogP contribution is -2.17. The van der Waals surface area contributed by atoms with Crippen LogP contribution in [0.15, 0.2) is 42.5 Å². The van der Waals surface area contributed by atoms with E-state index in [1.165, 1.54) is 25.3 Å². The molecular formula is C18H20N2O6. The molecule has 0 aliphatic rings. The van der Waals surface area contributed by atoms with Gasteiger partial charge >= 0.3 is 6.09 Å². The van der Waals surface area contributed by atoms with Crippen LogP contribution in [-0.4, -0.2) is 24.7 Å². The zero-order valence-electron chi connectivity index (χ0n) is 14.6. The van der Waals surface area contributed by atoms with Crippen molar-refractivity contribution in [2.75, 3.05) is 19.0 Å². The van der Waals surface area contributed by atoms with Crippen LogP contribution in [0.4, 0.5) is 16.2 Å². The summed E-state index contributed by atoms with van der Waals surface area (Å²) in [7, 11) is 1.35. The third kappa shape index (κ3) is 5.37. The van der Waals surface area contributed by atoms with Crippen LogP contribution in [0.1, 0.15) is 19.8 Å². The number of ether oxygens (including phenoxy) is 3. The number of unbranched alkanes of at least 4 members (excludes halogenated alkanes) is 1.